The lowest BCUT2D eigenvalue weighted by Crippen LogP contribution is -2.61. The van der Waals surface area contributed by atoms with E-state index in [2.05, 4.69) is 95.7 Å². The van der Waals surface area contributed by atoms with Crippen LogP contribution in [0, 0.1) is 29.6 Å². The largest absolute Gasteiger partial charge is 0.481 e. The molecule has 0 spiro atoms. The first-order valence-corrected chi connectivity index (χ1v) is 46.2. The summed E-state index contributed by atoms with van der Waals surface area (Å²) in [5, 5.41) is 94.8. The van der Waals surface area contributed by atoms with Crippen LogP contribution in [0.1, 0.15) is 147 Å². The van der Waals surface area contributed by atoms with Crippen LogP contribution in [0.2, 0.25) is 0 Å². The summed E-state index contributed by atoms with van der Waals surface area (Å²) in [5.41, 5.74) is 16.8. The Labute approximate surface area is 789 Å². The number of nitrogens with one attached hydrogen (secondary N) is 19. The Morgan fingerprint density at radius 1 is 0.326 bits per heavy atom. The number of carboxylic acid groups (broad SMARTS) is 2. The smallest absolute Gasteiger partial charge is 0.326 e. The number of carboxylic acids is 2. The van der Waals surface area contributed by atoms with Crippen LogP contribution in [-0.2, 0) is 117 Å². The van der Waals surface area contributed by atoms with Crippen molar-refractivity contribution in [3.8, 4) is 0 Å². The second-order valence-corrected chi connectivity index (χ2v) is 35.7. The molecule has 0 heterocycles. The van der Waals surface area contributed by atoms with Gasteiger partial charge in [0.2, 0.25) is 124 Å². The number of aliphatic carboxylic acids is 2. The predicted molar refractivity (Wildman–Crippen MR) is 488 cm³/mol. The molecule has 0 fully saturated rings. The Kier molecular flexibility index (Phi) is 54.9. The molecule has 135 heavy (non-hydrogen) atoms. The van der Waals surface area contributed by atoms with Crippen LogP contribution in [0.3, 0.4) is 0 Å². The van der Waals surface area contributed by atoms with Crippen molar-refractivity contribution < 1.29 is 136 Å². The minimum absolute atomic E-state index is 0.0696. The van der Waals surface area contributed by atoms with Gasteiger partial charge < -0.3 is 144 Å². The highest BCUT2D eigenvalue weighted by Crippen LogP contribution is 2.15. The predicted octanol–water partition coefficient (Wildman–Crippen LogP) is -10.0. The molecule has 50 nitrogen and oxygen atoms in total. The maximum atomic E-state index is 14.5. The molecule has 1 aromatic carbocycles. The van der Waals surface area contributed by atoms with E-state index in [1.807, 2.05) is 11.6 Å². The Bertz CT molecular complexity index is 4260. The fourth-order valence-corrected chi connectivity index (χ4v) is 13.3. The Morgan fingerprint density at radius 2 is 0.644 bits per heavy atom. The van der Waals surface area contributed by atoms with Gasteiger partial charge in [-0.25, -0.2) is 4.79 Å². The van der Waals surface area contributed by atoms with Crippen molar-refractivity contribution in [2.75, 3.05) is 56.9 Å². The summed E-state index contributed by atoms with van der Waals surface area (Å²) in [6.45, 7) is 15.9. The van der Waals surface area contributed by atoms with Gasteiger partial charge in [0, 0.05) is 6.42 Å². The second-order valence-electron chi connectivity index (χ2n) is 33.7. The Morgan fingerprint density at radius 3 is 1.10 bits per heavy atom. The number of thioether (sulfide) groups is 2. The first-order valence-electron chi connectivity index (χ1n) is 43.4. The summed E-state index contributed by atoms with van der Waals surface area (Å²) in [5.74, 6) is -26.6. The first kappa shape index (κ1) is 121. The van der Waals surface area contributed by atoms with Gasteiger partial charge in [0.15, 0.2) is 0 Å². The fourth-order valence-electron chi connectivity index (χ4n) is 12.4. The highest BCUT2D eigenvalue weighted by atomic mass is 32.2. The number of carbonyl (C=O) groups is 23. The lowest BCUT2D eigenvalue weighted by atomic mass is 9.98. The number of rotatable bonds is 63. The molecule has 0 saturated heterocycles. The highest BCUT2D eigenvalue weighted by Gasteiger charge is 2.40. The van der Waals surface area contributed by atoms with E-state index in [1.54, 1.807) is 92.0 Å². The maximum Gasteiger partial charge on any atom is 0.326 e. The number of nitrogens with two attached hydrogens (primary N) is 3. The van der Waals surface area contributed by atoms with Crippen LogP contribution in [0.15, 0.2) is 30.3 Å². The number of aliphatic hydroxyl groups is 3. The molecule has 0 aliphatic rings. The molecule has 0 bridgehead atoms. The van der Waals surface area contributed by atoms with Crippen LogP contribution in [-0.4, -0.2) is 327 Å². The molecular weight excluding hydrogens is 1820 g/mol. The van der Waals surface area contributed by atoms with E-state index in [0.29, 0.717) is 17.7 Å². The molecule has 1 rings (SSSR count). The van der Waals surface area contributed by atoms with Crippen molar-refractivity contribution in [1.29, 1.82) is 0 Å². The topological polar surface area (TPSA) is 800 Å². The molecule has 0 aromatic heterocycles. The Balaban J connectivity index is 3.15. The van der Waals surface area contributed by atoms with Crippen molar-refractivity contribution >= 4 is 160 Å². The van der Waals surface area contributed by atoms with Crippen LogP contribution in [0.5, 0.6) is 0 Å². The molecule has 30 N–H and O–H groups in total. The third-order valence-corrected chi connectivity index (χ3v) is 21.2. The third kappa shape index (κ3) is 45.9. The Hall–Kier alpha value is -12.4. The zero-order valence-electron chi connectivity index (χ0n) is 78.4. The molecule has 21 amide bonds. The lowest BCUT2D eigenvalue weighted by molar-refractivity contribution is -0.144. The van der Waals surface area contributed by atoms with Gasteiger partial charge in [-0.05, 0) is 113 Å². The van der Waals surface area contributed by atoms with Crippen LogP contribution in [0.25, 0.3) is 0 Å². The molecule has 0 aliphatic carbocycles. The number of carbonyl (C=O) groups excluding carboxylic acids is 21. The van der Waals surface area contributed by atoms with Crippen LogP contribution in [0.4, 0.5) is 0 Å². The van der Waals surface area contributed by atoms with Gasteiger partial charge in [0.25, 0.3) is 0 Å². The van der Waals surface area contributed by atoms with Crippen molar-refractivity contribution in [3.05, 3.63) is 35.9 Å². The van der Waals surface area contributed by atoms with E-state index >= 15 is 0 Å². The average Bonchev–Trinajstić information content (AvgIpc) is 0.855. The van der Waals surface area contributed by atoms with Gasteiger partial charge >= 0.3 is 11.9 Å². The number of aliphatic hydroxyl groups excluding tert-OH is 3. The van der Waals surface area contributed by atoms with Gasteiger partial charge in [-0.3, -0.25) is 105 Å². The fraction of sp³-hybridized carbons (Fsp3) is 0.651. The van der Waals surface area contributed by atoms with Gasteiger partial charge in [-0.1, -0.05) is 99.6 Å². The summed E-state index contributed by atoms with van der Waals surface area (Å²) < 4.78 is 0. The van der Waals surface area contributed by atoms with Crippen LogP contribution < -0.4 is 118 Å². The summed E-state index contributed by atoms with van der Waals surface area (Å²) in [4.78, 5) is 305. The van der Waals surface area contributed by atoms with Crippen molar-refractivity contribution in [2.45, 2.75) is 257 Å². The van der Waals surface area contributed by atoms with E-state index in [1.165, 1.54) is 51.2 Å². The number of amides is 21. The van der Waals surface area contributed by atoms with Crippen molar-refractivity contribution in [2.24, 2.45) is 46.8 Å². The normalized spacial score (nSPS) is 15.2. The van der Waals surface area contributed by atoms with Crippen molar-refractivity contribution in [1.82, 2.24) is 101 Å². The highest BCUT2D eigenvalue weighted by molar-refractivity contribution is 7.98. The molecule has 18 atom stereocenters. The molecule has 0 unspecified atom stereocenters. The van der Waals surface area contributed by atoms with Gasteiger partial charge in [-0.2, -0.15) is 23.5 Å². The molecule has 1 aromatic rings. The number of hydrogen-bond acceptors (Lipinski definition) is 29. The summed E-state index contributed by atoms with van der Waals surface area (Å²) >= 11 is 2.70. The summed E-state index contributed by atoms with van der Waals surface area (Å²) in [6, 6.07) is -18.2. The molecule has 758 valence electrons. The quantitative estimate of drug-likeness (QED) is 0.0288. The molecule has 0 radical (unpaired) electrons. The summed E-state index contributed by atoms with van der Waals surface area (Å²) in [7, 11) is 0. The van der Waals surface area contributed by atoms with E-state index in [0.717, 1.165) is 13.8 Å². The number of benzene rings is 1. The molecule has 0 saturated carbocycles. The van der Waals surface area contributed by atoms with Gasteiger partial charge in [0.1, 0.15) is 96.7 Å². The van der Waals surface area contributed by atoms with Crippen LogP contribution >= 0.6 is 23.5 Å². The minimum atomic E-state index is -1.93. The van der Waals surface area contributed by atoms with Gasteiger partial charge in [-0.15, -0.1) is 0 Å². The maximum absolute atomic E-state index is 14.5. The third-order valence-electron chi connectivity index (χ3n) is 19.9. The standard InChI is InChI=1S/C83H136N22O28S2/c1-37(2)26-49(93-59(111)32-88-72(121)55(35-106)94-60(112)33-89-79(128)63(39(5)6)103-69(118)44(13)92-82(131)66(45(14)108)102-61(113)34-87-71(120)52(29-57(85)109)99-80(129)64(40(7)8)104-70(119)47(84)22-24-134-15)74(123)90-43(12)68(117)101-56(36-107)78(127)95-48(23-25-135-16)73(122)105-65(41(9)10)81(130)98-50(27-38(3)4)76(125)96-51(28-46-20-18-17-19-21-46)77(126)97-53(31-62(114)115)75(124)91-42(11)67(116)100-54(83(132)133)30-58(86)110/h17-21,37-45,47-56,63-66,106-108H,22-36,84H2,1-16H3,(H2,85,109)(H2,86,110)(H,87,120)(H,88,121)(H,89,128)(H,90,123)(H,91,124)(H,92,131)(H,93,111)(H,94,112)(H,95,127)(H,96,125)(H,97,126)(H,98,130)(H,99,129)(H,100,116)(H,101,117)(H,102,113)(H,103,118)(H,104,119)(H,105,122)(H,114,115)(H,132,133)/t42-,43-,44-,45+,47-,48-,49-,50-,51-,52-,53-,54-,55-,56-,63-,64-,65-,66-/m0/s1. The molecule has 0 aliphatic heterocycles. The van der Waals surface area contributed by atoms with Crippen molar-refractivity contribution in [3.63, 3.8) is 0 Å². The molecule has 52 heteroatoms. The first-order chi connectivity index (χ1) is 63.0. The van der Waals surface area contributed by atoms with E-state index < -0.39 is 315 Å². The van der Waals surface area contributed by atoms with E-state index in [4.69, 9.17) is 17.2 Å². The lowest BCUT2D eigenvalue weighted by Gasteiger charge is -2.29. The van der Waals surface area contributed by atoms with Gasteiger partial charge in [0.05, 0.1) is 64.3 Å². The zero-order chi connectivity index (χ0) is 103. The second kappa shape index (κ2) is 61.5. The summed E-state index contributed by atoms with van der Waals surface area (Å²) in [6.07, 6.45) is -1.02. The number of hydrogen-bond donors (Lipinski definition) is 27. The minimum Gasteiger partial charge on any atom is -0.481 e. The molecular formula is C83H136N22O28S2. The van der Waals surface area contributed by atoms with E-state index in [-0.39, 0.29) is 43.3 Å². The van der Waals surface area contributed by atoms with E-state index in [9.17, 15) is 136 Å². The monoisotopic (exact) mass is 1950 g/mol. The SMILES string of the molecule is CSCC[C@H](NC(=O)[C@H](CO)NC(=O)[C@H](C)NC(=O)[C@H](CC(C)C)NC(=O)CNC(=O)[C@H](CO)NC(=O)CNC(=O)[C@@H](NC(=O)[C@H](C)NC(=O)[C@@H](NC(=O)CNC(=O)[C@H](CC(N)=O)NC(=O)[C@@H](NC(=O)[C@@H](N)CCSC)C(C)C)[C@@H](C)O)C(C)C)C(=O)N[C@H](C(=O)N[C@@H](CC(C)C)C(=O)N[C@@H](Cc1ccccc1)C(=O)N[C@@H](CC(=O)O)C(=O)N[C@@H](C)C(=O)N[C@@H](CC(N)=O)C(=O)O)C(C)C. The zero-order valence-corrected chi connectivity index (χ0v) is 80.1. The average molecular weight is 1950 g/mol. The number of primary amides is 2.